The largest absolute Gasteiger partial charge is 0.462 e. The summed E-state index contributed by atoms with van der Waals surface area (Å²) in [5.74, 6) is -1.13. The highest BCUT2D eigenvalue weighted by Crippen LogP contribution is 2.09. The van der Waals surface area contributed by atoms with Gasteiger partial charge in [0.1, 0.15) is 13.2 Å². The van der Waals surface area contributed by atoms with Crippen molar-refractivity contribution in [1.29, 1.82) is 0 Å². The Balaban J connectivity index is 4.68. The molecule has 0 aromatic heterocycles. The highest BCUT2D eigenvalue weighted by atomic mass is 16.6. The highest BCUT2D eigenvalue weighted by molar-refractivity contribution is 5.71. The van der Waals surface area contributed by atoms with Crippen LogP contribution in [0.2, 0.25) is 0 Å². The molecule has 372 valence electrons. The van der Waals surface area contributed by atoms with E-state index in [4.69, 9.17) is 14.2 Å². The minimum Gasteiger partial charge on any atom is -0.462 e. The van der Waals surface area contributed by atoms with Gasteiger partial charge in [0.2, 0.25) is 0 Å². The van der Waals surface area contributed by atoms with E-state index in [-0.39, 0.29) is 44.4 Å². The molecule has 6 heteroatoms. The molecule has 67 heavy (non-hydrogen) atoms. The molecule has 0 aliphatic rings. The maximum atomic E-state index is 12.8. The van der Waals surface area contributed by atoms with Crippen LogP contribution in [0, 0.1) is 0 Å². The lowest BCUT2D eigenvalue weighted by molar-refractivity contribution is -0.166. The van der Waals surface area contributed by atoms with E-state index in [1.165, 1.54) is 25.7 Å². The molecule has 0 bridgehead atoms. The number of allylic oxidation sites excluding steroid dienone is 26. The molecule has 0 fully saturated rings. The summed E-state index contributed by atoms with van der Waals surface area (Å²) in [6.45, 7) is 6.21. The molecular weight excluding hydrogens is 829 g/mol. The molecule has 0 aromatic rings. The predicted molar refractivity (Wildman–Crippen MR) is 288 cm³/mol. The van der Waals surface area contributed by atoms with Gasteiger partial charge in [-0.15, -0.1) is 0 Å². The van der Waals surface area contributed by atoms with Crippen molar-refractivity contribution < 1.29 is 28.6 Å². The third-order valence-electron chi connectivity index (χ3n) is 10.0. The lowest BCUT2D eigenvalue weighted by Crippen LogP contribution is -2.30. The Morgan fingerprint density at radius 3 is 0.910 bits per heavy atom. The predicted octanol–water partition coefficient (Wildman–Crippen LogP) is 17.4. The van der Waals surface area contributed by atoms with Crippen LogP contribution >= 0.6 is 0 Å². The molecule has 6 nitrogen and oxygen atoms in total. The molecule has 0 unspecified atom stereocenters. The standard InChI is InChI=1S/C61H92O6/c1-4-7-10-13-16-19-22-25-28-29-30-31-34-37-40-43-46-49-52-55-61(64)67-58(56-65-59(62)53-50-47-44-41-38-35-32-26-23-20-17-14-11-8-5-2)57-66-60(63)54-51-48-45-42-39-36-33-27-24-21-18-15-12-9-6-3/h7-8,10-11,16-21,25-28,30-33,37-42,46,49,58H,4-6,9,12-15,22-24,29,34-36,43-45,47-48,50-57H2,1-3H3/b10-7-,11-8-,19-16-,20-17-,21-18-,28-25-,31-30-,32-26-,33-27-,40-37-,41-38-,42-39-,49-46-/t58-/m1/s1. The summed E-state index contributed by atoms with van der Waals surface area (Å²) in [6, 6.07) is 0. The highest BCUT2D eigenvalue weighted by Gasteiger charge is 2.19. The van der Waals surface area contributed by atoms with Gasteiger partial charge in [-0.1, -0.05) is 192 Å². The second kappa shape index (κ2) is 53.6. The summed E-state index contributed by atoms with van der Waals surface area (Å²) in [4.78, 5) is 38.0. The molecule has 0 saturated heterocycles. The molecule has 0 N–H and O–H groups in total. The summed E-state index contributed by atoms with van der Waals surface area (Å²) in [5.41, 5.74) is 0. The first-order chi connectivity index (χ1) is 33.0. The fourth-order valence-corrected chi connectivity index (χ4v) is 6.17. The third kappa shape index (κ3) is 51.9. The Labute approximate surface area is 409 Å². The van der Waals surface area contributed by atoms with Gasteiger partial charge in [0.05, 0.1) is 0 Å². The minimum absolute atomic E-state index is 0.149. The lowest BCUT2D eigenvalue weighted by atomic mass is 10.1. The molecule has 0 rings (SSSR count). The average Bonchev–Trinajstić information content (AvgIpc) is 3.33. The van der Waals surface area contributed by atoms with Crippen LogP contribution in [-0.4, -0.2) is 37.2 Å². The molecule has 0 aliphatic heterocycles. The first-order valence-corrected chi connectivity index (χ1v) is 26.0. The molecule has 0 saturated carbocycles. The Morgan fingerprint density at radius 1 is 0.313 bits per heavy atom. The van der Waals surface area contributed by atoms with Crippen molar-refractivity contribution in [3.05, 3.63) is 158 Å². The molecule has 0 heterocycles. The number of rotatable bonds is 44. The van der Waals surface area contributed by atoms with Gasteiger partial charge >= 0.3 is 17.9 Å². The van der Waals surface area contributed by atoms with E-state index in [0.717, 1.165) is 103 Å². The van der Waals surface area contributed by atoms with Crippen LogP contribution in [0.15, 0.2) is 158 Å². The molecule has 0 amide bonds. The van der Waals surface area contributed by atoms with E-state index in [1.54, 1.807) is 0 Å². The topological polar surface area (TPSA) is 78.9 Å². The summed E-state index contributed by atoms with van der Waals surface area (Å²) in [5, 5.41) is 0. The second-order valence-electron chi connectivity index (χ2n) is 16.3. The number of carbonyl (C=O) groups is 3. The van der Waals surface area contributed by atoms with Crippen LogP contribution in [-0.2, 0) is 28.6 Å². The molecule has 0 aliphatic carbocycles. The van der Waals surface area contributed by atoms with Gasteiger partial charge in [-0.2, -0.15) is 0 Å². The van der Waals surface area contributed by atoms with Crippen molar-refractivity contribution in [3.8, 4) is 0 Å². The zero-order valence-electron chi connectivity index (χ0n) is 42.3. The zero-order chi connectivity index (χ0) is 48.6. The van der Waals surface area contributed by atoms with Crippen LogP contribution in [0.1, 0.15) is 188 Å². The van der Waals surface area contributed by atoms with Gasteiger partial charge in [-0.3, -0.25) is 14.4 Å². The molecule has 0 radical (unpaired) electrons. The number of unbranched alkanes of at least 4 members (excludes halogenated alkanes) is 7. The first-order valence-electron chi connectivity index (χ1n) is 26.0. The number of carbonyl (C=O) groups excluding carboxylic acids is 3. The number of esters is 3. The van der Waals surface area contributed by atoms with Gasteiger partial charge in [0, 0.05) is 19.3 Å². The molecular formula is C61H92O6. The number of hydrogen-bond acceptors (Lipinski definition) is 6. The van der Waals surface area contributed by atoms with Crippen molar-refractivity contribution in [2.45, 2.75) is 194 Å². The van der Waals surface area contributed by atoms with Crippen molar-refractivity contribution in [2.75, 3.05) is 13.2 Å². The molecule has 0 spiro atoms. The Kier molecular flexibility index (Phi) is 49.7. The van der Waals surface area contributed by atoms with E-state index < -0.39 is 12.1 Å². The Bertz CT molecular complexity index is 1570. The lowest BCUT2D eigenvalue weighted by Gasteiger charge is -2.18. The van der Waals surface area contributed by atoms with E-state index in [2.05, 4.69) is 167 Å². The van der Waals surface area contributed by atoms with Gasteiger partial charge in [-0.25, -0.2) is 0 Å². The normalized spacial score (nSPS) is 13.4. The van der Waals surface area contributed by atoms with E-state index in [0.29, 0.717) is 19.3 Å². The van der Waals surface area contributed by atoms with E-state index in [1.807, 2.05) is 12.2 Å². The van der Waals surface area contributed by atoms with Crippen molar-refractivity contribution in [3.63, 3.8) is 0 Å². The van der Waals surface area contributed by atoms with Crippen molar-refractivity contribution >= 4 is 17.9 Å². The summed E-state index contributed by atoms with van der Waals surface area (Å²) in [6.07, 6.45) is 78.1. The maximum Gasteiger partial charge on any atom is 0.306 e. The average molecular weight is 921 g/mol. The van der Waals surface area contributed by atoms with E-state index >= 15 is 0 Å². The first kappa shape index (κ1) is 62.0. The SMILES string of the molecule is CC/C=C\C/C=C\C/C=C\C/C=C\C/C=C\C/C=C\CCC(=O)O[C@H](COC(=O)CCCC/C=C\C/C=C\C/C=C\C/C=C\CC)COC(=O)CCCC/C=C\C/C=C\C/C=C\CCCCC. The second-order valence-corrected chi connectivity index (χ2v) is 16.3. The Hall–Kier alpha value is -4.97. The molecule has 1 atom stereocenters. The van der Waals surface area contributed by atoms with Gasteiger partial charge in [0.25, 0.3) is 0 Å². The molecule has 0 aromatic carbocycles. The number of ether oxygens (including phenoxy) is 3. The van der Waals surface area contributed by atoms with Gasteiger partial charge < -0.3 is 14.2 Å². The van der Waals surface area contributed by atoms with Crippen LogP contribution in [0.3, 0.4) is 0 Å². The van der Waals surface area contributed by atoms with Crippen LogP contribution in [0.25, 0.3) is 0 Å². The van der Waals surface area contributed by atoms with Crippen LogP contribution < -0.4 is 0 Å². The third-order valence-corrected chi connectivity index (χ3v) is 10.0. The fourth-order valence-electron chi connectivity index (χ4n) is 6.17. The Morgan fingerprint density at radius 2 is 0.597 bits per heavy atom. The minimum atomic E-state index is -0.859. The quantitative estimate of drug-likeness (QED) is 0.0262. The fraction of sp³-hybridized carbons (Fsp3) is 0.525. The van der Waals surface area contributed by atoms with Crippen molar-refractivity contribution in [2.24, 2.45) is 0 Å². The summed E-state index contributed by atoms with van der Waals surface area (Å²) in [7, 11) is 0. The van der Waals surface area contributed by atoms with Crippen molar-refractivity contribution in [1.82, 2.24) is 0 Å². The monoisotopic (exact) mass is 921 g/mol. The van der Waals surface area contributed by atoms with E-state index in [9.17, 15) is 14.4 Å². The number of hydrogen-bond donors (Lipinski definition) is 0. The maximum absolute atomic E-state index is 12.8. The van der Waals surface area contributed by atoms with Crippen LogP contribution in [0.4, 0.5) is 0 Å². The van der Waals surface area contributed by atoms with Gasteiger partial charge in [-0.05, 0) is 135 Å². The zero-order valence-corrected chi connectivity index (χ0v) is 42.3. The van der Waals surface area contributed by atoms with Gasteiger partial charge in [0.15, 0.2) is 6.10 Å². The van der Waals surface area contributed by atoms with Crippen LogP contribution in [0.5, 0.6) is 0 Å². The summed E-state index contributed by atoms with van der Waals surface area (Å²) < 4.78 is 16.6. The smallest absolute Gasteiger partial charge is 0.306 e. The summed E-state index contributed by atoms with van der Waals surface area (Å²) >= 11 is 0.